The molecule has 0 saturated heterocycles. The summed E-state index contributed by atoms with van der Waals surface area (Å²) >= 11 is 3.01. The van der Waals surface area contributed by atoms with E-state index in [0.29, 0.717) is 5.56 Å². The van der Waals surface area contributed by atoms with Crippen molar-refractivity contribution in [3.8, 4) is 0 Å². The fourth-order valence-corrected chi connectivity index (χ4v) is 3.20. The molecule has 0 heterocycles. The van der Waals surface area contributed by atoms with Crippen molar-refractivity contribution in [2.75, 3.05) is 4.72 Å². The summed E-state index contributed by atoms with van der Waals surface area (Å²) in [6, 6.07) is 7.11. The van der Waals surface area contributed by atoms with Gasteiger partial charge >= 0.3 is 0 Å². The molecule has 106 valence electrons. The Morgan fingerprint density at radius 1 is 1.15 bits per heavy atom. The fourth-order valence-electron chi connectivity index (χ4n) is 1.59. The van der Waals surface area contributed by atoms with Crippen molar-refractivity contribution in [2.24, 2.45) is 0 Å². The van der Waals surface area contributed by atoms with Crippen LogP contribution in [0.4, 0.5) is 14.5 Å². The largest absolute Gasteiger partial charge is 0.279 e. The van der Waals surface area contributed by atoms with Crippen LogP contribution in [-0.4, -0.2) is 8.42 Å². The average molecular weight is 362 g/mol. The minimum atomic E-state index is -3.96. The lowest BCUT2D eigenvalue weighted by Gasteiger charge is -2.11. The number of anilines is 1. The summed E-state index contributed by atoms with van der Waals surface area (Å²) in [5.74, 6) is -1.25. The summed E-state index contributed by atoms with van der Waals surface area (Å²) in [6.45, 7) is 1.63. The summed E-state index contributed by atoms with van der Waals surface area (Å²) in [7, 11) is -3.96. The molecule has 3 nitrogen and oxygen atoms in total. The molecule has 0 aliphatic heterocycles. The number of benzene rings is 2. The van der Waals surface area contributed by atoms with Gasteiger partial charge in [0.25, 0.3) is 10.0 Å². The monoisotopic (exact) mass is 361 g/mol. The minimum Gasteiger partial charge on any atom is -0.279 e. The van der Waals surface area contributed by atoms with Crippen molar-refractivity contribution in [2.45, 2.75) is 11.8 Å². The standard InChI is InChI=1S/C13H10BrF2NO2S/c1-8-5-11(14)12(16)7-13(8)17-20(18,19)10-4-2-3-9(15)6-10/h2-7,17H,1H3. The first-order valence-electron chi connectivity index (χ1n) is 5.53. The lowest BCUT2D eigenvalue weighted by molar-refractivity contribution is 0.595. The first kappa shape index (κ1) is 14.9. The SMILES string of the molecule is Cc1cc(Br)c(F)cc1NS(=O)(=O)c1cccc(F)c1. The molecule has 20 heavy (non-hydrogen) atoms. The van der Waals surface area contributed by atoms with E-state index < -0.39 is 21.7 Å². The van der Waals surface area contributed by atoms with E-state index in [9.17, 15) is 17.2 Å². The Bertz CT molecular complexity index is 763. The van der Waals surface area contributed by atoms with Gasteiger partial charge < -0.3 is 0 Å². The predicted molar refractivity (Wildman–Crippen MR) is 76.0 cm³/mol. The fraction of sp³-hybridized carbons (Fsp3) is 0.0769. The zero-order chi connectivity index (χ0) is 14.9. The molecule has 0 aromatic heterocycles. The van der Waals surface area contributed by atoms with E-state index in [0.717, 1.165) is 18.2 Å². The van der Waals surface area contributed by atoms with Gasteiger partial charge in [-0.05, 0) is 58.7 Å². The third-order valence-corrected chi connectivity index (χ3v) is 4.59. The van der Waals surface area contributed by atoms with Gasteiger partial charge in [-0.15, -0.1) is 0 Å². The van der Waals surface area contributed by atoms with Gasteiger partial charge in [-0.3, -0.25) is 4.72 Å². The molecule has 0 bridgehead atoms. The molecule has 2 rings (SSSR count). The number of halogens is 3. The van der Waals surface area contributed by atoms with Gasteiger partial charge in [0.2, 0.25) is 0 Å². The molecular weight excluding hydrogens is 352 g/mol. The van der Waals surface area contributed by atoms with Crippen molar-refractivity contribution in [1.29, 1.82) is 0 Å². The number of rotatable bonds is 3. The highest BCUT2D eigenvalue weighted by Crippen LogP contribution is 2.26. The van der Waals surface area contributed by atoms with Crippen LogP contribution in [0.5, 0.6) is 0 Å². The van der Waals surface area contributed by atoms with Crippen molar-refractivity contribution >= 4 is 31.6 Å². The Balaban J connectivity index is 2.41. The van der Waals surface area contributed by atoms with Gasteiger partial charge in [0.05, 0.1) is 15.1 Å². The number of sulfonamides is 1. The van der Waals surface area contributed by atoms with Crippen LogP contribution in [0.15, 0.2) is 45.8 Å². The summed E-state index contributed by atoms with van der Waals surface area (Å²) in [6.07, 6.45) is 0. The van der Waals surface area contributed by atoms with Crippen LogP contribution in [0.1, 0.15) is 5.56 Å². The molecule has 0 unspecified atom stereocenters. The van der Waals surface area contributed by atoms with Crippen molar-refractivity contribution in [3.63, 3.8) is 0 Å². The lowest BCUT2D eigenvalue weighted by Crippen LogP contribution is -2.14. The maximum atomic E-state index is 13.5. The van der Waals surface area contributed by atoms with E-state index in [4.69, 9.17) is 0 Å². The molecular formula is C13H10BrF2NO2S. The first-order valence-corrected chi connectivity index (χ1v) is 7.81. The molecule has 0 fully saturated rings. The Morgan fingerprint density at radius 3 is 2.50 bits per heavy atom. The van der Waals surface area contributed by atoms with Crippen LogP contribution >= 0.6 is 15.9 Å². The number of aryl methyl sites for hydroxylation is 1. The van der Waals surface area contributed by atoms with Gasteiger partial charge in [-0.2, -0.15) is 0 Å². The first-order chi connectivity index (χ1) is 9.29. The normalized spacial score (nSPS) is 11.4. The summed E-state index contributed by atoms with van der Waals surface area (Å²) in [5.41, 5.74) is 0.646. The van der Waals surface area contributed by atoms with E-state index in [1.165, 1.54) is 18.2 Å². The maximum Gasteiger partial charge on any atom is 0.262 e. The lowest BCUT2D eigenvalue weighted by atomic mass is 10.2. The van der Waals surface area contributed by atoms with Crippen molar-refractivity contribution in [3.05, 3.63) is 58.1 Å². The van der Waals surface area contributed by atoms with E-state index in [2.05, 4.69) is 20.7 Å². The predicted octanol–water partition coefficient (Wildman–Crippen LogP) is 3.84. The summed E-state index contributed by atoms with van der Waals surface area (Å²) < 4.78 is 53.2. The molecule has 0 amide bonds. The van der Waals surface area contributed by atoms with Gasteiger partial charge in [0.15, 0.2) is 0 Å². The van der Waals surface area contributed by atoms with Gasteiger partial charge in [-0.1, -0.05) is 6.07 Å². The third-order valence-electron chi connectivity index (χ3n) is 2.62. The van der Waals surface area contributed by atoms with Gasteiger partial charge in [-0.25, -0.2) is 17.2 Å². The highest BCUT2D eigenvalue weighted by Gasteiger charge is 2.17. The molecule has 0 spiro atoms. The Morgan fingerprint density at radius 2 is 1.85 bits per heavy atom. The van der Waals surface area contributed by atoms with Crippen LogP contribution in [0, 0.1) is 18.6 Å². The quantitative estimate of drug-likeness (QED) is 0.902. The second-order valence-electron chi connectivity index (χ2n) is 4.14. The molecule has 2 aromatic rings. The van der Waals surface area contributed by atoms with Crippen molar-refractivity contribution in [1.82, 2.24) is 0 Å². The zero-order valence-electron chi connectivity index (χ0n) is 10.3. The van der Waals surface area contributed by atoms with Gasteiger partial charge in [0, 0.05) is 0 Å². The summed E-state index contributed by atoms with van der Waals surface area (Å²) in [5, 5.41) is 0. The number of nitrogens with one attached hydrogen (secondary N) is 1. The van der Waals surface area contributed by atoms with Gasteiger partial charge in [0.1, 0.15) is 11.6 Å². The molecule has 1 N–H and O–H groups in total. The third kappa shape index (κ3) is 3.16. The Kier molecular flexibility index (Phi) is 4.10. The molecule has 0 saturated carbocycles. The molecule has 2 aromatic carbocycles. The van der Waals surface area contributed by atoms with Crippen LogP contribution in [0.3, 0.4) is 0 Å². The van der Waals surface area contributed by atoms with Crippen LogP contribution < -0.4 is 4.72 Å². The van der Waals surface area contributed by atoms with Crippen molar-refractivity contribution < 1.29 is 17.2 Å². The second-order valence-corrected chi connectivity index (χ2v) is 6.68. The molecule has 0 aliphatic rings. The highest BCUT2D eigenvalue weighted by atomic mass is 79.9. The van der Waals surface area contributed by atoms with Crippen LogP contribution in [0.2, 0.25) is 0 Å². The summed E-state index contributed by atoms with van der Waals surface area (Å²) in [4.78, 5) is -0.222. The Hall–Kier alpha value is -1.47. The van der Waals surface area contributed by atoms with Crippen LogP contribution in [-0.2, 0) is 10.0 Å². The zero-order valence-corrected chi connectivity index (χ0v) is 12.7. The topological polar surface area (TPSA) is 46.2 Å². The van der Waals surface area contributed by atoms with Crippen LogP contribution in [0.25, 0.3) is 0 Å². The molecule has 0 atom stereocenters. The maximum absolute atomic E-state index is 13.5. The van der Waals surface area contributed by atoms with E-state index in [1.807, 2.05) is 0 Å². The average Bonchev–Trinajstić information content (AvgIpc) is 2.36. The van der Waals surface area contributed by atoms with E-state index in [1.54, 1.807) is 6.92 Å². The molecule has 0 radical (unpaired) electrons. The highest BCUT2D eigenvalue weighted by molar-refractivity contribution is 9.10. The smallest absolute Gasteiger partial charge is 0.262 e. The van der Waals surface area contributed by atoms with E-state index >= 15 is 0 Å². The second kappa shape index (κ2) is 5.49. The molecule has 0 aliphatic carbocycles. The minimum absolute atomic E-state index is 0.106. The van der Waals surface area contributed by atoms with E-state index in [-0.39, 0.29) is 15.1 Å². The number of hydrogen-bond donors (Lipinski definition) is 1. The molecule has 7 heteroatoms. The Labute approximate surface area is 123 Å². The number of hydrogen-bond acceptors (Lipinski definition) is 2.